The minimum Gasteiger partial charge on any atom is -0.365 e. The molecule has 0 saturated carbocycles. The van der Waals surface area contributed by atoms with Crippen molar-refractivity contribution in [1.29, 1.82) is 0 Å². The number of amides is 1. The van der Waals surface area contributed by atoms with Gasteiger partial charge < -0.3 is 10.1 Å². The van der Waals surface area contributed by atoms with Gasteiger partial charge in [0.15, 0.2) is 0 Å². The van der Waals surface area contributed by atoms with Crippen molar-refractivity contribution < 1.29 is 9.53 Å². The zero-order valence-corrected chi connectivity index (χ0v) is 12.9. The van der Waals surface area contributed by atoms with Gasteiger partial charge >= 0.3 is 0 Å². The summed E-state index contributed by atoms with van der Waals surface area (Å²) in [4.78, 5) is 21.4. The Kier molecular flexibility index (Phi) is 3.93. The van der Waals surface area contributed by atoms with E-state index in [0.29, 0.717) is 19.0 Å². The maximum Gasteiger partial charge on any atom is 0.252 e. The summed E-state index contributed by atoms with van der Waals surface area (Å²) in [5, 5.41) is 2.93. The molecule has 3 rings (SSSR count). The van der Waals surface area contributed by atoms with Crippen LogP contribution in [-0.4, -0.2) is 28.1 Å². The summed E-state index contributed by atoms with van der Waals surface area (Å²) in [5.74, 6) is 0.655. The third kappa shape index (κ3) is 2.93. The predicted octanol–water partition coefficient (Wildman–Crippen LogP) is 1.85. The van der Waals surface area contributed by atoms with Crippen LogP contribution < -0.4 is 5.32 Å². The number of rotatable bonds is 3. The maximum absolute atomic E-state index is 12.2. The molecule has 0 unspecified atom stereocenters. The third-order valence-corrected chi connectivity index (χ3v) is 4.54. The molecule has 114 valence electrons. The molecule has 1 aromatic rings. The lowest BCUT2D eigenvalue weighted by Crippen LogP contribution is -2.43. The van der Waals surface area contributed by atoms with Crippen LogP contribution in [0.15, 0.2) is 0 Å². The number of fused-ring (bicyclic) bond motifs is 1. The van der Waals surface area contributed by atoms with Gasteiger partial charge in [-0.1, -0.05) is 0 Å². The normalized spacial score (nSPS) is 24.7. The van der Waals surface area contributed by atoms with Crippen LogP contribution in [-0.2, 0) is 28.9 Å². The Hall–Kier alpha value is -1.49. The van der Waals surface area contributed by atoms with E-state index in [0.717, 1.165) is 31.4 Å². The Balaban J connectivity index is 1.68. The molecule has 5 nitrogen and oxygen atoms in total. The van der Waals surface area contributed by atoms with Gasteiger partial charge in [-0.05, 0) is 57.9 Å². The molecule has 0 bridgehead atoms. The second kappa shape index (κ2) is 5.72. The highest BCUT2D eigenvalue weighted by Crippen LogP contribution is 2.25. The Morgan fingerprint density at radius 2 is 2.10 bits per heavy atom. The first-order valence-electron chi connectivity index (χ1n) is 7.86. The van der Waals surface area contributed by atoms with E-state index in [1.807, 2.05) is 13.8 Å². The summed E-state index contributed by atoms with van der Waals surface area (Å²) in [6.07, 6.45) is 6.26. The summed E-state index contributed by atoms with van der Waals surface area (Å²) in [6.45, 7) is 4.94. The van der Waals surface area contributed by atoms with Gasteiger partial charge in [-0.25, -0.2) is 9.97 Å². The molecule has 21 heavy (non-hydrogen) atoms. The monoisotopic (exact) mass is 289 g/mol. The van der Waals surface area contributed by atoms with Crippen LogP contribution in [0.1, 0.15) is 55.4 Å². The molecule has 1 aliphatic heterocycles. The Morgan fingerprint density at radius 3 is 2.86 bits per heavy atom. The minimum atomic E-state index is -0.677. The first kappa shape index (κ1) is 14.4. The molecule has 1 aliphatic carbocycles. The van der Waals surface area contributed by atoms with E-state index in [9.17, 15) is 4.79 Å². The molecule has 1 N–H and O–H groups in total. The molecule has 1 amide bonds. The van der Waals surface area contributed by atoms with Gasteiger partial charge in [0, 0.05) is 18.0 Å². The Bertz CT molecular complexity index is 551. The van der Waals surface area contributed by atoms with E-state index >= 15 is 0 Å². The van der Waals surface area contributed by atoms with Crippen molar-refractivity contribution in [3.05, 3.63) is 22.8 Å². The van der Waals surface area contributed by atoms with Gasteiger partial charge in [-0.2, -0.15) is 0 Å². The van der Waals surface area contributed by atoms with Crippen LogP contribution >= 0.6 is 0 Å². The fourth-order valence-corrected chi connectivity index (χ4v) is 3.23. The van der Waals surface area contributed by atoms with Gasteiger partial charge in [-0.3, -0.25) is 4.79 Å². The number of ether oxygens (including phenoxy) is 1. The van der Waals surface area contributed by atoms with Crippen molar-refractivity contribution >= 4 is 5.91 Å². The zero-order chi connectivity index (χ0) is 14.9. The number of hydrogen-bond donors (Lipinski definition) is 1. The highest BCUT2D eigenvalue weighted by Gasteiger charge is 2.37. The maximum atomic E-state index is 12.2. The Labute approximate surface area is 125 Å². The predicted molar refractivity (Wildman–Crippen MR) is 78.8 cm³/mol. The van der Waals surface area contributed by atoms with E-state index in [2.05, 4.69) is 15.3 Å². The average Bonchev–Trinajstić information content (AvgIpc) is 2.93. The molecule has 0 aromatic carbocycles. The molecular formula is C16H23N3O2. The van der Waals surface area contributed by atoms with Gasteiger partial charge in [0.1, 0.15) is 11.4 Å². The lowest BCUT2D eigenvalue weighted by molar-refractivity contribution is -0.139. The molecule has 1 fully saturated rings. The number of carbonyl (C=O) groups is 1. The summed E-state index contributed by atoms with van der Waals surface area (Å²) >= 11 is 0. The van der Waals surface area contributed by atoms with Crippen LogP contribution in [0.5, 0.6) is 0 Å². The molecule has 1 atom stereocenters. The molecular weight excluding hydrogens is 266 g/mol. The molecule has 1 aromatic heterocycles. The van der Waals surface area contributed by atoms with E-state index in [1.54, 1.807) is 0 Å². The van der Waals surface area contributed by atoms with Crippen LogP contribution in [0, 0.1) is 6.92 Å². The van der Waals surface area contributed by atoms with Gasteiger partial charge in [0.05, 0.1) is 6.54 Å². The summed E-state index contributed by atoms with van der Waals surface area (Å²) in [6, 6.07) is 0. The topological polar surface area (TPSA) is 64.1 Å². The zero-order valence-electron chi connectivity index (χ0n) is 12.9. The molecule has 2 aliphatic rings. The third-order valence-electron chi connectivity index (χ3n) is 4.54. The fourth-order valence-electron chi connectivity index (χ4n) is 3.23. The minimum absolute atomic E-state index is 0.0565. The van der Waals surface area contributed by atoms with Crippen molar-refractivity contribution in [1.82, 2.24) is 15.3 Å². The summed E-state index contributed by atoms with van der Waals surface area (Å²) < 4.78 is 5.55. The van der Waals surface area contributed by atoms with Crippen molar-refractivity contribution in [2.45, 2.75) is 64.5 Å². The van der Waals surface area contributed by atoms with Crippen molar-refractivity contribution in [3.63, 3.8) is 0 Å². The van der Waals surface area contributed by atoms with Gasteiger partial charge in [0.2, 0.25) is 0 Å². The number of aryl methyl sites for hydroxylation is 2. The van der Waals surface area contributed by atoms with Crippen LogP contribution in [0.4, 0.5) is 0 Å². The molecule has 1 saturated heterocycles. The first-order valence-corrected chi connectivity index (χ1v) is 7.86. The number of aromatic nitrogens is 2. The molecule has 5 heteroatoms. The highest BCUT2D eigenvalue weighted by atomic mass is 16.5. The van der Waals surface area contributed by atoms with E-state index in [-0.39, 0.29) is 5.91 Å². The lowest BCUT2D eigenvalue weighted by Gasteiger charge is -2.22. The molecule has 2 heterocycles. The van der Waals surface area contributed by atoms with Crippen LogP contribution in [0.25, 0.3) is 0 Å². The van der Waals surface area contributed by atoms with Crippen molar-refractivity contribution in [2.75, 3.05) is 6.61 Å². The second-order valence-electron chi connectivity index (χ2n) is 6.22. The Morgan fingerprint density at radius 1 is 1.29 bits per heavy atom. The van der Waals surface area contributed by atoms with E-state index in [4.69, 9.17) is 4.74 Å². The van der Waals surface area contributed by atoms with Crippen molar-refractivity contribution in [2.24, 2.45) is 0 Å². The second-order valence-corrected chi connectivity index (χ2v) is 6.22. The van der Waals surface area contributed by atoms with E-state index < -0.39 is 5.60 Å². The number of nitrogens with one attached hydrogen (secondary N) is 1. The van der Waals surface area contributed by atoms with Gasteiger partial charge in [0.25, 0.3) is 5.91 Å². The fraction of sp³-hybridized carbons (Fsp3) is 0.688. The smallest absolute Gasteiger partial charge is 0.252 e. The lowest BCUT2D eigenvalue weighted by atomic mass is 9.95. The standard InChI is InChI=1S/C16H23N3O2/c1-11-12-6-3-4-7-13(12)19-14(18-11)10-17-15(20)16(2)8-5-9-21-16/h3-10H2,1-2H3,(H,17,20)/t16-/m0/s1. The first-order chi connectivity index (χ1) is 10.1. The quantitative estimate of drug-likeness (QED) is 0.922. The average molecular weight is 289 g/mol. The number of carbonyl (C=O) groups excluding carboxylic acids is 1. The van der Waals surface area contributed by atoms with Crippen LogP contribution in [0.2, 0.25) is 0 Å². The van der Waals surface area contributed by atoms with Gasteiger partial charge in [-0.15, -0.1) is 0 Å². The van der Waals surface area contributed by atoms with E-state index in [1.165, 1.54) is 24.1 Å². The molecule has 0 spiro atoms. The number of hydrogen-bond acceptors (Lipinski definition) is 4. The SMILES string of the molecule is Cc1nc(CNC(=O)[C@]2(C)CCCO2)nc2c1CCCC2. The summed E-state index contributed by atoms with van der Waals surface area (Å²) in [7, 11) is 0. The summed E-state index contributed by atoms with van der Waals surface area (Å²) in [5.41, 5.74) is 2.86. The van der Waals surface area contributed by atoms with Crippen molar-refractivity contribution in [3.8, 4) is 0 Å². The van der Waals surface area contributed by atoms with Crippen LogP contribution in [0.3, 0.4) is 0 Å². The highest BCUT2D eigenvalue weighted by molar-refractivity contribution is 5.84. The molecule has 0 radical (unpaired) electrons. The largest absolute Gasteiger partial charge is 0.365 e. The number of nitrogens with zero attached hydrogens (tertiary/aromatic N) is 2.